The van der Waals surface area contributed by atoms with Gasteiger partial charge in [-0.3, -0.25) is 4.79 Å². The summed E-state index contributed by atoms with van der Waals surface area (Å²) in [5.74, 6) is -1.22. The highest BCUT2D eigenvalue weighted by molar-refractivity contribution is 5.85. The minimum absolute atomic E-state index is 0. The molecule has 2 atom stereocenters. The summed E-state index contributed by atoms with van der Waals surface area (Å²) < 4.78 is 9.84. The van der Waals surface area contributed by atoms with Crippen LogP contribution >= 0.6 is 12.4 Å². The lowest BCUT2D eigenvalue weighted by Gasteiger charge is -2.14. The van der Waals surface area contributed by atoms with Crippen LogP contribution in [0.25, 0.3) is 0 Å². The first-order valence-corrected chi connectivity index (χ1v) is 5.67. The van der Waals surface area contributed by atoms with Crippen molar-refractivity contribution in [2.75, 3.05) is 0 Å². The summed E-state index contributed by atoms with van der Waals surface area (Å²) in [7, 11) is 0. The number of rotatable bonds is 5. The van der Waals surface area contributed by atoms with Crippen LogP contribution in [0.15, 0.2) is 30.3 Å². The van der Waals surface area contributed by atoms with Crippen molar-refractivity contribution in [1.29, 1.82) is 0 Å². The van der Waals surface area contributed by atoms with Gasteiger partial charge in [0.1, 0.15) is 12.6 Å². The van der Waals surface area contributed by atoms with Gasteiger partial charge >= 0.3 is 11.9 Å². The topological polar surface area (TPSA) is 78.6 Å². The predicted molar refractivity (Wildman–Crippen MR) is 72.7 cm³/mol. The summed E-state index contributed by atoms with van der Waals surface area (Å²) in [6.07, 6.45) is -0.952. The van der Waals surface area contributed by atoms with E-state index in [-0.39, 0.29) is 19.0 Å². The fourth-order valence-corrected chi connectivity index (χ4v) is 1.18. The van der Waals surface area contributed by atoms with E-state index in [1.165, 1.54) is 13.8 Å². The molecule has 2 N–H and O–H groups in total. The Bertz CT molecular complexity index is 408. The van der Waals surface area contributed by atoms with Crippen LogP contribution in [0.1, 0.15) is 19.4 Å². The van der Waals surface area contributed by atoms with Crippen molar-refractivity contribution in [3.05, 3.63) is 35.9 Å². The first kappa shape index (κ1) is 17.4. The fraction of sp³-hybridized carbons (Fsp3) is 0.385. The molecule has 0 amide bonds. The van der Waals surface area contributed by atoms with E-state index < -0.39 is 24.1 Å². The Hall–Kier alpha value is -1.59. The van der Waals surface area contributed by atoms with Crippen molar-refractivity contribution in [1.82, 2.24) is 0 Å². The summed E-state index contributed by atoms with van der Waals surface area (Å²) in [4.78, 5) is 22.7. The Kier molecular flexibility index (Phi) is 7.79. The van der Waals surface area contributed by atoms with Gasteiger partial charge in [0.05, 0.1) is 0 Å². The molecule has 0 saturated heterocycles. The molecule has 5 nitrogen and oxygen atoms in total. The van der Waals surface area contributed by atoms with Gasteiger partial charge in [0.15, 0.2) is 6.10 Å². The summed E-state index contributed by atoms with van der Waals surface area (Å²) >= 11 is 0. The molecule has 0 spiro atoms. The third kappa shape index (κ3) is 6.22. The molecule has 0 heterocycles. The van der Waals surface area contributed by atoms with E-state index in [1.807, 2.05) is 30.3 Å². The second kappa shape index (κ2) is 8.50. The quantitative estimate of drug-likeness (QED) is 0.829. The smallest absolute Gasteiger partial charge is 0.347 e. The fourth-order valence-electron chi connectivity index (χ4n) is 1.18. The number of esters is 2. The standard InChI is InChI=1S/C13H17NO4.ClH/c1-9(14)12(15)18-10(2)13(16)17-8-11-6-4-3-5-7-11;/h3-7,9-10H,8,14H2,1-2H3;1H/t9-,10-;/m0./s1. The average Bonchev–Trinajstić information content (AvgIpc) is 2.36. The highest BCUT2D eigenvalue weighted by Crippen LogP contribution is 2.03. The van der Waals surface area contributed by atoms with E-state index in [0.29, 0.717) is 0 Å². The maximum Gasteiger partial charge on any atom is 0.347 e. The lowest BCUT2D eigenvalue weighted by molar-refractivity contribution is -0.168. The Morgan fingerprint density at radius 2 is 1.74 bits per heavy atom. The molecule has 0 unspecified atom stereocenters. The lowest BCUT2D eigenvalue weighted by Crippen LogP contribution is -2.34. The van der Waals surface area contributed by atoms with Crippen LogP contribution in [0.4, 0.5) is 0 Å². The van der Waals surface area contributed by atoms with Gasteiger partial charge in [0.2, 0.25) is 0 Å². The van der Waals surface area contributed by atoms with Crippen molar-refractivity contribution < 1.29 is 19.1 Å². The number of hydrogen-bond acceptors (Lipinski definition) is 5. The van der Waals surface area contributed by atoms with Crippen LogP contribution < -0.4 is 5.73 Å². The van der Waals surface area contributed by atoms with Crippen molar-refractivity contribution in [2.45, 2.75) is 32.6 Å². The van der Waals surface area contributed by atoms with Crippen LogP contribution in [0, 0.1) is 0 Å². The zero-order valence-corrected chi connectivity index (χ0v) is 11.7. The van der Waals surface area contributed by atoms with Crippen LogP contribution in [-0.2, 0) is 25.7 Å². The van der Waals surface area contributed by atoms with Crippen molar-refractivity contribution in [3.63, 3.8) is 0 Å². The number of benzene rings is 1. The van der Waals surface area contributed by atoms with Gasteiger partial charge < -0.3 is 15.2 Å². The van der Waals surface area contributed by atoms with E-state index in [0.717, 1.165) is 5.56 Å². The SMILES string of the molecule is C[C@H](N)C(=O)O[C@@H](C)C(=O)OCc1ccccc1.Cl. The first-order chi connectivity index (χ1) is 8.50. The van der Waals surface area contributed by atoms with E-state index in [1.54, 1.807) is 0 Å². The minimum Gasteiger partial charge on any atom is -0.458 e. The summed E-state index contributed by atoms with van der Waals surface area (Å²) in [5.41, 5.74) is 6.19. The highest BCUT2D eigenvalue weighted by atomic mass is 35.5. The van der Waals surface area contributed by atoms with E-state index in [2.05, 4.69) is 0 Å². The van der Waals surface area contributed by atoms with Gasteiger partial charge in [-0.05, 0) is 19.4 Å². The van der Waals surface area contributed by atoms with Crippen LogP contribution in [0.3, 0.4) is 0 Å². The number of hydrogen-bond donors (Lipinski definition) is 1. The van der Waals surface area contributed by atoms with Crippen molar-refractivity contribution in [2.24, 2.45) is 5.73 Å². The number of carbonyl (C=O) groups excluding carboxylic acids is 2. The number of nitrogens with two attached hydrogens (primary N) is 1. The van der Waals surface area contributed by atoms with Gasteiger partial charge in [-0.15, -0.1) is 12.4 Å². The number of carbonyl (C=O) groups is 2. The first-order valence-electron chi connectivity index (χ1n) is 5.67. The molecular formula is C13H18ClNO4. The molecule has 106 valence electrons. The van der Waals surface area contributed by atoms with Gasteiger partial charge in [-0.2, -0.15) is 0 Å². The molecule has 0 aliphatic heterocycles. The molecule has 1 rings (SSSR count). The molecule has 0 fully saturated rings. The molecule has 1 aromatic rings. The van der Waals surface area contributed by atoms with E-state index in [4.69, 9.17) is 15.2 Å². The zero-order chi connectivity index (χ0) is 13.5. The van der Waals surface area contributed by atoms with Crippen LogP contribution in [0.5, 0.6) is 0 Å². The second-order valence-electron chi connectivity index (χ2n) is 3.96. The van der Waals surface area contributed by atoms with Gasteiger partial charge in [0, 0.05) is 0 Å². The lowest BCUT2D eigenvalue weighted by atomic mass is 10.2. The summed E-state index contributed by atoms with van der Waals surface area (Å²) in [5, 5.41) is 0. The van der Waals surface area contributed by atoms with Crippen molar-refractivity contribution >= 4 is 24.3 Å². The molecule has 0 aromatic heterocycles. The van der Waals surface area contributed by atoms with Gasteiger partial charge in [-0.25, -0.2) is 4.79 Å². The van der Waals surface area contributed by atoms with Crippen molar-refractivity contribution in [3.8, 4) is 0 Å². The third-order valence-electron chi connectivity index (χ3n) is 2.22. The molecule has 0 radical (unpaired) electrons. The third-order valence-corrected chi connectivity index (χ3v) is 2.22. The highest BCUT2D eigenvalue weighted by Gasteiger charge is 2.21. The Morgan fingerprint density at radius 3 is 2.26 bits per heavy atom. The molecule has 19 heavy (non-hydrogen) atoms. The number of ether oxygens (including phenoxy) is 2. The average molecular weight is 288 g/mol. The maximum absolute atomic E-state index is 11.5. The zero-order valence-electron chi connectivity index (χ0n) is 10.9. The molecular weight excluding hydrogens is 270 g/mol. The Morgan fingerprint density at radius 1 is 1.16 bits per heavy atom. The molecule has 1 aromatic carbocycles. The predicted octanol–water partition coefficient (Wildman–Crippen LogP) is 1.43. The maximum atomic E-state index is 11.5. The Labute approximate surface area is 118 Å². The molecule has 0 saturated carbocycles. The van der Waals surface area contributed by atoms with E-state index >= 15 is 0 Å². The normalized spacial score (nSPS) is 12.8. The monoisotopic (exact) mass is 287 g/mol. The van der Waals surface area contributed by atoms with Crippen LogP contribution in [0.2, 0.25) is 0 Å². The largest absolute Gasteiger partial charge is 0.458 e. The second-order valence-corrected chi connectivity index (χ2v) is 3.96. The summed E-state index contributed by atoms with van der Waals surface area (Å²) in [6, 6.07) is 8.50. The van der Waals surface area contributed by atoms with Gasteiger partial charge in [-0.1, -0.05) is 30.3 Å². The van der Waals surface area contributed by atoms with Gasteiger partial charge in [0.25, 0.3) is 0 Å². The minimum atomic E-state index is -0.952. The summed E-state index contributed by atoms with van der Waals surface area (Å²) in [6.45, 7) is 3.09. The molecule has 0 bridgehead atoms. The van der Waals surface area contributed by atoms with Crippen LogP contribution in [-0.4, -0.2) is 24.1 Å². The number of halogens is 1. The molecule has 0 aliphatic rings. The molecule has 6 heteroatoms. The molecule has 0 aliphatic carbocycles. The van der Waals surface area contributed by atoms with E-state index in [9.17, 15) is 9.59 Å². The Balaban J connectivity index is 0.00000324.